The Morgan fingerprint density at radius 3 is 2.30 bits per heavy atom. The van der Waals surface area contributed by atoms with Crippen LogP contribution in [0.1, 0.15) is 115 Å². The normalized spacial score (nSPS) is 19.3. The van der Waals surface area contributed by atoms with Gasteiger partial charge in [-0.1, -0.05) is 84.3 Å². The van der Waals surface area contributed by atoms with Gasteiger partial charge in [0.1, 0.15) is 42.4 Å². The van der Waals surface area contributed by atoms with Crippen LogP contribution in [0.3, 0.4) is 0 Å². The number of aryl methyl sites for hydroxylation is 1. The van der Waals surface area contributed by atoms with E-state index in [-0.39, 0.29) is 59.3 Å². The van der Waals surface area contributed by atoms with Crippen LogP contribution in [-0.2, 0) is 25.7 Å². The van der Waals surface area contributed by atoms with Crippen LogP contribution in [-0.4, -0.2) is 83.6 Å². The number of ether oxygens (including phenoxy) is 3. The molecule has 1 aliphatic heterocycles. The second-order valence-corrected chi connectivity index (χ2v) is 21.3. The van der Waals surface area contributed by atoms with Gasteiger partial charge in [-0.05, 0) is 98.9 Å². The quantitative estimate of drug-likeness (QED) is 0.0776. The number of carbonyl (C=O) groups excluding carboxylic acids is 4. The summed E-state index contributed by atoms with van der Waals surface area (Å²) in [5, 5.41) is 18.7. The summed E-state index contributed by atoms with van der Waals surface area (Å²) in [6, 6.07) is 20.6. The number of benzene rings is 3. The van der Waals surface area contributed by atoms with Gasteiger partial charge in [-0.25, -0.2) is 4.98 Å². The number of hydrogen-bond donors (Lipinski definition) is 3. The van der Waals surface area contributed by atoms with Crippen LogP contribution in [0, 0.1) is 34.5 Å². The van der Waals surface area contributed by atoms with E-state index >= 15 is 0 Å². The molecule has 1 aliphatic carbocycles. The minimum absolute atomic E-state index is 0.164. The van der Waals surface area contributed by atoms with Crippen molar-refractivity contribution in [3.8, 4) is 28.0 Å². The molecule has 0 bridgehead atoms. The molecule has 1 saturated carbocycles. The molecule has 358 valence electrons. The van der Waals surface area contributed by atoms with Crippen LogP contribution < -0.4 is 25.4 Å². The SMILES string of the molecule is Cc1ncsc1-c1ccc(CNC(=O)[C@@H]2CCCN2C(=O)[C@@H](NC(=O)CO[C@@H](C)CCCCOc2ccc(C(=O)N[C@H]3C(C)(C)[C@H](Oc4ccc(C#N)c(Cl)c4)C3(C)C)cc2)C(C)(C)C)cc1. The molecule has 2 heterocycles. The number of unbranched alkanes of at least 4 members (excludes halogenated alkanes) is 1. The number of hydrogen-bond acceptors (Lipinski definition) is 10. The zero-order valence-corrected chi connectivity index (χ0v) is 41.7. The average Bonchev–Trinajstić information content (AvgIpc) is 3.97. The van der Waals surface area contributed by atoms with Crippen molar-refractivity contribution in [2.24, 2.45) is 16.2 Å². The summed E-state index contributed by atoms with van der Waals surface area (Å²) in [4.78, 5) is 61.1. The Morgan fingerprint density at radius 2 is 1.67 bits per heavy atom. The van der Waals surface area contributed by atoms with E-state index in [1.807, 2.05) is 64.4 Å². The van der Waals surface area contributed by atoms with E-state index in [0.717, 1.165) is 34.5 Å². The maximum absolute atomic E-state index is 14.0. The van der Waals surface area contributed by atoms with Crippen molar-refractivity contribution >= 4 is 46.6 Å². The van der Waals surface area contributed by atoms with Crippen molar-refractivity contribution in [2.45, 2.75) is 131 Å². The third-order valence-corrected chi connectivity index (χ3v) is 14.3. The van der Waals surface area contributed by atoms with E-state index in [9.17, 15) is 24.4 Å². The number of amides is 4. The first-order valence-corrected chi connectivity index (χ1v) is 24.3. The molecule has 3 aromatic carbocycles. The molecule has 4 amide bonds. The first kappa shape index (κ1) is 50.9. The molecule has 6 rings (SSSR count). The van der Waals surface area contributed by atoms with Crippen molar-refractivity contribution in [2.75, 3.05) is 19.8 Å². The summed E-state index contributed by atoms with van der Waals surface area (Å²) in [5.74, 6) is 0.183. The highest BCUT2D eigenvalue weighted by Crippen LogP contribution is 2.55. The van der Waals surface area contributed by atoms with Gasteiger partial charge in [-0.2, -0.15) is 5.26 Å². The Balaban J connectivity index is 0.884. The first-order valence-electron chi connectivity index (χ1n) is 23.1. The van der Waals surface area contributed by atoms with E-state index < -0.39 is 17.5 Å². The molecule has 1 saturated heterocycles. The van der Waals surface area contributed by atoms with Crippen molar-refractivity contribution in [3.05, 3.63) is 99.6 Å². The maximum Gasteiger partial charge on any atom is 0.251 e. The Morgan fingerprint density at radius 1 is 0.985 bits per heavy atom. The molecule has 3 atom stereocenters. The van der Waals surface area contributed by atoms with Gasteiger partial charge in [-0.15, -0.1) is 11.3 Å². The van der Waals surface area contributed by atoms with Gasteiger partial charge >= 0.3 is 0 Å². The molecular weight excluding hydrogens is 888 g/mol. The number of halogens is 1. The number of nitriles is 1. The number of aromatic nitrogens is 1. The fourth-order valence-corrected chi connectivity index (χ4v) is 10.5. The molecule has 2 fully saturated rings. The van der Waals surface area contributed by atoms with Crippen LogP contribution in [0.15, 0.2) is 72.2 Å². The third kappa shape index (κ3) is 12.4. The summed E-state index contributed by atoms with van der Waals surface area (Å²) in [7, 11) is 0. The summed E-state index contributed by atoms with van der Waals surface area (Å²) >= 11 is 7.83. The zero-order valence-electron chi connectivity index (χ0n) is 40.2. The molecule has 1 aromatic heterocycles. The highest BCUT2D eigenvalue weighted by molar-refractivity contribution is 7.13. The standard InChI is InChI=1S/C52H65ClN6O7S/c1-32(13-10-11-26-64-38-22-19-36(20-23-38)45(61)58-48-51(6,7)49(52(48,8)9)66-39-24-21-37(28-54)40(53)27-39)65-30-42(60)57-44(50(3,4)5)47(63)59-25-12-14-41(59)46(62)55-29-34-15-17-35(18-16-34)43-33(2)56-31-67-43/h15-24,27,31-32,41,44,48-49H,10-14,25-26,29-30H2,1-9H3,(H,55,62)(H,57,60)(H,58,61)/t32-,41-,44+,48-,49-/m0/s1. The lowest BCUT2D eigenvalue weighted by Gasteiger charge is -2.63. The molecule has 4 aromatic rings. The van der Waals surface area contributed by atoms with Crippen LogP contribution in [0.2, 0.25) is 5.02 Å². The molecule has 2 aliphatic rings. The lowest BCUT2D eigenvalue weighted by molar-refractivity contribution is -0.164. The smallest absolute Gasteiger partial charge is 0.251 e. The van der Waals surface area contributed by atoms with E-state index in [1.165, 1.54) is 0 Å². The van der Waals surface area contributed by atoms with Gasteiger partial charge in [-0.3, -0.25) is 19.2 Å². The van der Waals surface area contributed by atoms with Crippen LogP contribution in [0.25, 0.3) is 10.4 Å². The molecule has 0 radical (unpaired) electrons. The van der Waals surface area contributed by atoms with Gasteiger partial charge in [0, 0.05) is 41.6 Å². The highest BCUT2D eigenvalue weighted by Gasteiger charge is 2.64. The van der Waals surface area contributed by atoms with Gasteiger partial charge in [0.25, 0.3) is 5.91 Å². The van der Waals surface area contributed by atoms with Gasteiger partial charge in [0.05, 0.1) is 39.4 Å². The molecule has 13 nitrogen and oxygen atoms in total. The van der Waals surface area contributed by atoms with Crippen molar-refractivity contribution in [1.82, 2.24) is 25.8 Å². The fourth-order valence-electron chi connectivity index (χ4n) is 9.52. The first-order chi connectivity index (χ1) is 31.7. The van der Waals surface area contributed by atoms with Crippen molar-refractivity contribution in [1.29, 1.82) is 5.26 Å². The minimum atomic E-state index is -0.840. The number of nitrogens with one attached hydrogen (secondary N) is 3. The summed E-state index contributed by atoms with van der Waals surface area (Å²) < 4.78 is 18.2. The fraction of sp³-hybridized carbons (Fsp3) is 0.500. The number of nitrogens with zero attached hydrogens (tertiary/aromatic N) is 3. The molecule has 0 unspecified atom stereocenters. The van der Waals surface area contributed by atoms with E-state index in [0.29, 0.717) is 66.6 Å². The zero-order chi connectivity index (χ0) is 48.7. The summed E-state index contributed by atoms with van der Waals surface area (Å²) in [5.41, 5.74) is 4.39. The van der Waals surface area contributed by atoms with E-state index in [4.69, 9.17) is 25.8 Å². The maximum atomic E-state index is 14.0. The van der Waals surface area contributed by atoms with Gasteiger partial charge in [0.2, 0.25) is 17.7 Å². The average molecular weight is 954 g/mol. The number of carbonyl (C=O) groups is 4. The van der Waals surface area contributed by atoms with Crippen LogP contribution in [0.5, 0.6) is 11.5 Å². The number of thiazole rings is 1. The Bertz CT molecular complexity index is 2410. The van der Waals surface area contributed by atoms with Crippen molar-refractivity contribution < 1.29 is 33.4 Å². The van der Waals surface area contributed by atoms with Gasteiger partial charge in [0.15, 0.2) is 0 Å². The topological polar surface area (TPSA) is 172 Å². The number of rotatable bonds is 19. The lowest BCUT2D eigenvalue weighted by atomic mass is 9.49. The van der Waals surface area contributed by atoms with E-state index in [2.05, 4.69) is 54.7 Å². The van der Waals surface area contributed by atoms with Crippen molar-refractivity contribution in [3.63, 3.8) is 0 Å². The molecular formula is C52H65ClN6O7S. The molecule has 0 spiro atoms. The number of likely N-dealkylation sites (tertiary alicyclic amines) is 1. The Hall–Kier alpha value is -5.49. The summed E-state index contributed by atoms with van der Waals surface area (Å²) in [6.07, 6.45) is 3.12. The molecule has 67 heavy (non-hydrogen) atoms. The molecule has 3 N–H and O–H groups in total. The lowest BCUT2D eigenvalue weighted by Crippen LogP contribution is -2.74. The van der Waals surface area contributed by atoms with Crippen LogP contribution >= 0.6 is 22.9 Å². The minimum Gasteiger partial charge on any atom is -0.494 e. The second-order valence-electron chi connectivity index (χ2n) is 20.0. The van der Waals surface area contributed by atoms with Gasteiger partial charge < -0.3 is 35.1 Å². The Kier molecular flexibility index (Phi) is 16.4. The predicted octanol–water partition coefficient (Wildman–Crippen LogP) is 9.05. The predicted molar refractivity (Wildman–Crippen MR) is 261 cm³/mol. The largest absolute Gasteiger partial charge is 0.494 e. The monoisotopic (exact) mass is 952 g/mol. The third-order valence-electron chi connectivity index (χ3n) is 13.0. The molecule has 15 heteroatoms. The van der Waals surface area contributed by atoms with Crippen LogP contribution in [0.4, 0.5) is 0 Å². The Labute approximate surface area is 404 Å². The second kappa shape index (κ2) is 21.6. The highest BCUT2D eigenvalue weighted by atomic mass is 35.5. The summed E-state index contributed by atoms with van der Waals surface area (Å²) in [6.45, 7) is 18.9. The van der Waals surface area contributed by atoms with E-state index in [1.54, 1.807) is 58.7 Å².